The zero-order chi connectivity index (χ0) is 34.4. The average molecular weight is 683 g/mol. The number of fused-ring (bicyclic) bond motifs is 3. The molecular weight excluding hydrogens is 621 g/mol. The maximum atomic E-state index is 7.19. The summed E-state index contributed by atoms with van der Waals surface area (Å²) in [6.07, 6.45) is 4.54. The first-order chi connectivity index (χ1) is 21.8. The van der Waals surface area contributed by atoms with Crippen molar-refractivity contribution in [2.45, 2.75) is 165 Å². The molecule has 8 heteroatoms. The van der Waals surface area contributed by atoms with Gasteiger partial charge in [-0.3, -0.25) is 0 Å². The lowest BCUT2D eigenvalue weighted by atomic mass is 9.83. The molecule has 2 aromatic rings. The summed E-state index contributed by atoms with van der Waals surface area (Å²) in [5.74, 6) is 0. The molecule has 0 unspecified atom stereocenters. The molecule has 5 rings (SSSR count). The van der Waals surface area contributed by atoms with Crippen LogP contribution >= 0.6 is 0 Å². The highest BCUT2D eigenvalue weighted by atomic mass is 28.4. The number of rotatable bonds is 10. The van der Waals surface area contributed by atoms with Crippen molar-refractivity contribution in [2.24, 2.45) is 0 Å². The quantitative estimate of drug-likeness (QED) is 0.184. The Bertz CT molecular complexity index is 1380. The van der Waals surface area contributed by atoms with Gasteiger partial charge in [0, 0.05) is 19.3 Å². The molecular formula is C39H62O6Si2. The van der Waals surface area contributed by atoms with E-state index in [0.29, 0.717) is 13.2 Å². The number of hydrogen-bond donors (Lipinski definition) is 0. The topological polar surface area (TPSA) is 55.4 Å². The third-order valence-electron chi connectivity index (χ3n) is 11.9. The van der Waals surface area contributed by atoms with Crippen molar-refractivity contribution in [1.82, 2.24) is 0 Å². The van der Waals surface area contributed by atoms with Crippen LogP contribution in [0.5, 0.6) is 0 Å². The van der Waals surface area contributed by atoms with E-state index >= 15 is 0 Å². The third kappa shape index (κ3) is 8.17. The molecule has 0 aromatic heterocycles. The summed E-state index contributed by atoms with van der Waals surface area (Å²) in [5.41, 5.74) is 0.585. The molecule has 3 aliphatic rings. The van der Waals surface area contributed by atoms with Gasteiger partial charge in [-0.25, -0.2) is 0 Å². The monoisotopic (exact) mass is 682 g/mol. The van der Waals surface area contributed by atoms with Gasteiger partial charge in [0.25, 0.3) is 0 Å². The van der Waals surface area contributed by atoms with E-state index in [0.717, 1.165) is 25.7 Å². The van der Waals surface area contributed by atoms with Gasteiger partial charge in [0.05, 0.1) is 55.9 Å². The van der Waals surface area contributed by atoms with Crippen molar-refractivity contribution in [3.63, 3.8) is 0 Å². The van der Waals surface area contributed by atoms with Crippen molar-refractivity contribution in [3.05, 3.63) is 60.7 Å². The predicted molar refractivity (Wildman–Crippen MR) is 197 cm³/mol. The summed E-state index contributed by atoms with van der Waals surface area (Å²) in [6.45, 7) is 30.3. The van der Waals surface area contributed by atoms with Crippen LogP contribution < -0.4 is 0 Å². The Kier molecular flexibility index (Phi) is 10.8. The summed E-state index contributed by atoms with van der Waals surface area (Å²) in [6, 6.07) is 15.0. The van der Waals surface area contributed by atoms with E-state index in [9.17, 15) is 0 Å². The second kappa shape index (κ2) is 13.7. The second-order valence-electron chi connectivity index (χ2n) is 17.6. The van der Waals surface area contributed by atoms with Crippen LogP contribution in [0.3, 0.4) is 0 Å². The summed E-state index contributed by atoms with van der Waals surface area (Å²) < 4.78 is 41.5. The number of ether oxygens (including phenoxy) is 4. The molecule has 0 spiro atoms. The lowest BCUT2D eigenvalue weighted by molar-refractivity contribution is -0.303. The first-order valence-electron chi connectivity index (χ1n) is 17.8. The van der Waals surface area contributed by atoms with Gasteiger partial charge in [-0.05, 0) is 72.0 Å². The molecule has 0 aliphatic carbocycles. The molecule has 262 valence electrons. The zero-order valence-electron chi connectivity index (χ0n) is 31.1. The van der Waals surface area contributed by atoms with Gasteiger partial charge in [0.2, 0.25) is 0 Å². The average Bonchev–Trinajstić information content (AvgIpc) is 2.97. The lowest BCUT2D eigenvalue weighted by Crippen LogP contribution is -2.66. The van der Waals surface area contributed by atoms with Gasteiger partial charge in [-0.1, -0.05) is 84.0 Å². The SMILES string of the molecule is C=CC[C@@H]1O[C@@H]2C[C@@H]3O[C@](C)(CO[Si](C)(C)C(C)(C)C)[C@@H](O[Si](C)(C)C(C)(C)C)C[C@H]3O[C@H]2C[C@H]1OCc1ccc2ccccc2c1. The second-order valence-corrected chi connectivity index (χ2v) is 27.1. The molecule has 47 heavy (non-hydrogen) atoms. The molecule has 0 amide bonds. The lowest BCUT2D eigenvalue weighted by Gasteiger charge is -2.56. The summed E-state index contributed by atoms with van der Waals surface area (Å²) >= 11 is 0. The first kappa shape index (κ1) is 36.9. The fourth-order valence-electron chi connectivity index (χ4n) is 6.64. The molecule has 8 atom stereocenters. The van der Waals surface area contributed by atoms with Crippen LogP contribution in [0, 0.1) is 0 Å². The van der Waals surface area contributed by atoms with Crippen LogP contribution in [0.25, 0.3) is 10.8 Å². The first-order valence-corrected chi connectivity index (χ1v) is 23.6. The van der Waals surface area contributed by atoms with Crippen molar-refractivity contribution in [1.29, 1.82) is 0 Å². The molecule has 2 aromatic carbocycles. The standard InChI is InChI=1S/C39H62O6Si2/c1-13-16-30-31(40-25-27-19-20-28-17-14-15-18-29(28)21-27)22-32-33(42-30)23-35-34(43-32)24-36(45-47(11,12)38(5,6)7)39(8,44-35)26-41-46(9,10)37(2,3)4/h13-15,17-21,30-36H,1,16,22-26H2,2-12H3/t30-,31+,32-,33+,34+,35-,36-,39+/m0/s1. The third-order valence-corrected chi connectivity index (χ3v) is 20.8. The molecule has 3 saturated heterocycles. The molecule has 0 N–H and O–H groups in total. The Morgan fingerprint density at radius 1 is 0.830 bits per heavy atom. The zero-order valence-corrected chi connectivity index (χ0v) is 33.1. The van der Waals surface area contributed by atoms with E-state index in [1.165, 1.54) is 16.3 Å². The molecule has 0 saturated carbocycles. The highest BCUT2D eigenvalue weighted by molar-refractivity contribution is 6.74. The molecule has 3 aliphatic heterocycles. The van der Waals surface area contributed by atoms with E-state index in [1.807, 2.05) is 6.08 Å². The van der Waals surface area contributed by atoms with Gasteiger partial charge in [0.15, 0.2) is 16.6 Å². The van der Waals surface area contributed by atoms with E-state index in [-0.39, 0.29) is 52.8 Å². The normalized spacial score (nSPS) is 32.1. The van der Waals surface area contributed by atoms with Crippen LogP contribution in [-0.2, 0) is 34.4 Å². The minimum Gasteiger partial charge on any atom is -0.414 e. The van der Waals surface area contributed by atoms with Crippen LogP contribution in [0.1, 0.15) is 79.7 Å². The van der Waals surface area contributed by atoms with Crippen LogP contribution in [0.2, 0.25) is 36.3 Å². The van der Waals surface area contributed by atoms with Crippen molar-refractivity contribution < 1.29 is 27.8 Å². The fourth-order valence-corrected chi connectivity index (χ4v) is 9.13. The van der Waals surface area contributed by atoms with Crippen molar-refractivity contribution >= 4 is 27.4 Å². The highest BCUT2D eigenvalue weighted by Gasteiger charge is 2.56. The van der Waals surface area contributed by atoms with E-state index in [2.05, 4.69) is 124 Å². The van der Waals surface area contributed by atoms with Crippen LogP contribution in [0.4, 0.5) is 0 Å². The molecule has 0 radical (unpaired) electrons. The Morgan fingerprint density at radius 2 is 1.47 bits per heavy atom. The maximum absolute atomic E-state index is 7.19. The van der Waals surface area contributed by atoms with Crippen molar-refractivity contribution in [3.8, 4) is 0 Å². The fraction of sp³-hybridized carbons (Fsp3) is 0.692. The smallest absolute Gasteiger partial charge is 0.192 e. The van der Waals surface area contributed by atoms with Gasteiger partial charge in [-0.2, -0.15) is 0 Å². The van der Waals surface area contributed by atoms with Gasteiger partial charge >= 0.3 is 0 Å². The molecule has 3 heterocycles. The Balaban J connectivity index is 1.32. The predicted octanol–water partition coefficient (Wildman–Crippen LogP) is 9.58. The molecule has 6 nitrogen and oxygen atoms in total. The van der Waals surface area contributed by atoms with Gasteiger partial charge in [-0.15, -0.1) is 6.58 Å². The van der Waals surface area contributed by atoms with Gasteiger partial charge in [0.1, 0.15) is 5.60 Å². The minimum absolute atomic E-state index is 0.0508. The molecule has 3 fully saturated rings. The maximum Gasteiger partial charge on any atom is 0.192 e. The van der Waals surface area contributed by atoms with E-state index in [1.54, 1.807) is 0 Å². The van der Waals surface area contributed by atoms with Crippen LogP contribution in [0.15, 0.2) is 55.1 Å². The largest absolute Gasteiger partial charge is 0.414 e. The van der Waals surface area contributed by atoms with Gasteiger partial charge < -0.3 is 27.8 Å². The summed E-state index contributed by atoms with van der Waals surface area (Å²) in [5, 5.41) is 2.66. The van der Waals surface area contributed by atoms with E-state index in [4.69, 9.17) is 27.8 Å². The summed E-state index contributed by atoms with van der Waals surface area (Å²) in [4.78, 5) is 0. The minimum atomic E-state index is -2.11. The Morgan fingerprint density at radius 3 is 2.13 bits per heavy atom. The molecule has 0 bridgehead atoms. The summed E-state index contributed by atoms with van der Waals surface area (Å²) in [7, 11) is -4.12. The van der Waals surface area contributed by atoms with Crippen LogP contribution in [-0.4, -0.2) is 71.6 Å². The number of benzene rings is 2. The highest BCUT2D eigenvalue weighted by Crippen LogP contribution is 2.47. The van der Waals surface area contributed by atoms with Crippen molar-refractivity contribution in [2.75, 3.05) is 6.61 Å². The Hall–Kier alpha value is -1.37. The Labute approximate surface area is 287 Å². The number of hydrogen-bond acceptors (Lipinski definition) is 6. The van der Waals surface area contributed by atoms with E-state index < -0.39 is 22.2 Å².